The second-order valence-electron chi connectivity index (χ2n) is 5.85. The predicted octanol–water partition coefficient (Wildman–Crippen LogP) is 1.81. The number of anilines is 1. The average Bonchev–Trinajstić information content (AvgIpc) is 3.11. The standard InChI is InChI=1S/C18H17N5O4/c1-23-17(20-21-22-23)11-27-14-4-2-3-12(9-14)18(24)19-13-5-6-15-16(10-13)26-8-7-25-15/h2-6,9-10H,7-8,11H2,1H3,(H,19,24). The first-order valence-electron chi connectivity index (χ1n) is 8.34. The number of benzene rings is 2. The summed E-state index contributed by atoms with van der Waals surface area (Å²) in [6.07, 6.45) is 0. The number of aryl methyl sites for hydroxylation is 1. The lowest BCUT2D eigenvalue weighted by atomic mass is 10.2. The highest BCUT2D eigenvalue weighted by Gasteiger charge is 2.14. The number of tetrazole rings is 1. The van der Waals surface area contributed by atoms with Crippen LogP contribution in [0, 0.1) is 0 Å². The normalized spacial score (nSPS) is 12.5. The molecule has 0 radical (unpaired) electrons. The Morgan fingerprint density at radius 3 is 2.85 bits per heavy atom. The van der Waals surface area contributed by atoms with Crippen molar-refractivity contribution in [3.05, 3.63) is 53.9 Å². The third-order valence-electron chi connectivity index (χ3n) is 3.97. The summed E-state index contributed by atoms with van der Waals surface area (Å²) in [4.78, 5) is 12.5. The largest absolute Gasteiger partial charge is 0.486 e. The molecule has 138 valence electrons. The maximum absolute atomic E-state index is 12.5. The molecule has 1 amide bonds. The van der Waals surface area contributed by atoms with Gasteiger partial charge in [0.05, 0.1) is 0 Å². The van der Waals surface area contributed by atoms with E-state index in [1.165, 1.54) is 4.68 Å². The van der Waals surface area contributed by atoms with Crippen LogP contribution in [-0.4, -0.2) is 39.3 Å². The van der Waals surface area contributed by atoms with Crippen LogP contribution in [-0.2, 0) is 13.7 Å². The van der Waals surface area contributed by atoms with Crippen molar-refractivity contribution in [3.63, 3.8) is 0 Å². The van der Waals surface area contributed by atoms with Crippen LogP contribution >= 0.6 is 0 Å². The fourth-order valence-electron chi connectivity index (χ4n) is 2.57. The van der Waals surface area contributed by atoms with Gasteiger partial charge >= 0.3 is 0 Å². The van der Waals surface area contributed by atoms with E-state index in [0.717, 1.165) is 0 Å². The first kappa shape index (κ1) is 16.8. The first-order chi connectivity index (χ1) is 13.2. The zero-order chi connectivity index (χ0) is 18.6. The number of hydrogen-bond acceptors (Lipinski definition) is 7. The zero-order valence-electron chi connectivity index (χ0n) is 14.6. The number of hydrogen-bond donors (Lipinski definition) is 1. The van der Waals surface area contributed by atoms with Crippen molar-refractivity contribution in [1.82, 2.24) is 20.2 Å². The molecular formula is C18H17N5O4. The smallest absolute Gasteiger partial charge is 0.255 e. The van der Waals surface area contributed by atoms with Crippen molar-refractivity contribution in [2.75, 3.05) is 18.5 Å². The van der Waals surface area contributed by atoms with Crippen LogP contribution in [0.4, 0.5) is 5.69 Å². The number of aromatic nitrogens is 4. The Labute approximate surface area is 154 Å². The third-order valence-corrected chi connectivity index (χ3v) is 3.97. The van der Waals surface area contributed by atoms with Crippen LogP contribution in [0.2, 0.25) is 0 Å². The molecule has 0 unspecified atom stereocenters. The van der Waals surface area contributed by atoms with Crippen LogP contribution in [0.25, 0.3) is 0 Å². The van der Waals surface area contributed by atoms with Crippen molar-refractivity contribution < 1.29 is 19.0 Å². The molecule has 4 rings (SSSR count). The topological polar surface area (TPSA) is 100 Å². The van der Waals surface area contributed by atoms with Gasteiger partial charge < -0.3 is 19.5 Å². The van der Waals surface area contributed by atoms with E-state index >= 15 is 0 Å². The molecule has 0 fully saturated rings. The molecule has 9 nitrogen and oxygen atoms in total. The zero-order valence-corrected chi connectivity index (χ0v) is 14.6. The van der Waals surface area contributed by atoms with Crippen LogP contribution in [0.15, 0.2) is 42.5 Å². The van der Waals surface area contributed by atoms with Gasteiger partial charge in [-0.3, -0.25) is 4.79 Å². The van der Waals surface area contributed by atoms with Gasteiger partial charge in [0.2, 0.25) is 0 Å². The van der Waals surface area contributed by atoms with E-state index in [-0.39, 0.29) is 12.5 Å². The van der Waals surface area contributed by atoms with Gasteiger partial charge in [-0.15, -0.1) is 5.10 Å². The minimum atomic E-state index is -0.252. The Kier molecular flexibility index (Phi) is 4.56. The fourth-order valence-corrected chi connectivity index (χ4v) is 2.57. The molecule has 9 heteroatoms. The number of rotatable bonds is 5. The number of nitrogens with one attached hydrogen (secondary N) is 1. The lowest BCUT2D eigenvalue weighted by Crippen LogP contribution is -2.16. The lowest BCUT2D eigenvalue weighted by Gasteiger charge is -2.19. The number of carbonyl (C=O) groups excluding carboxylic acids is 1. The van der Waals surface area contributed by atoms with E-state index in [4.69, 9.17) is 14.2 Å². The van der Waals surface area contributed by atoms with Gasteiger partial charge in [0, 0.05) is 24.4 Å². The SMILES string of the molecule is Cn1nnnc1COc1cccc(C(=O)Nc2ccc3c(c2)OCCO3)c1. The van der Waals surface area contributed by atoms with Gasteiger partial charge in [-0.25, -0.2) is 4.68 Å². The predicted molar refractivity (Wildman–Crippen MR) is 95.0 cm³/mol. The van der Waals surface area contributed by atoms with E-state index in [9.17, 15) is 4.79 Å². The second-order valence-corrected chi connectivity index (χ2v) is 5.85. The van der Waals surface area contributed by atoms with Crippen LogP contribution < -0.4 is 19.5 Å². The Morgan fingerprint density at radius 1 is 1.19 bits per heavy atom. The summed E-state index contributed by atoms with van der Waals surface area (Å²) in [5, 5.41) is 14.0. The van der Waals surface area contributed by atoms with Gasteiger partial charge in [-0.05, 0) is 40.8 Å². The van der Waals surface area contributed by atoms with Crippen molar-refractivity contribution in [3.8, 4) is 17.2 Å². The monoisotopic (exact) mass is 367 g/mol. The van der Waals surface area contributed by atoms with Crippen molar-refractivity contribution in [2.24, 2.45) is 7.05 Å². The summed E-state index contributed by atoms with van der Waals surface area (Å²) in [5.74, 6) is 2.17. The Balaban J connectivity index is 1.43. The maximum Gasteiger partial charge on any atom is 0.255 e. The lowest BCUT2D eigenvalue weighted by molar-refractivity contribution is 0.102. The summed E-state index contributed by atoms with van der Waals surface area (Å²) in [6, 6.07) is 12.2. The molecule has 27 heavy (non-hydrogen) atoms. The summed E-state index contributed by atoms with van der Waals surface area (Å²) < 4.78 is 18.2. The molecule has 3 aromatic rings. The minimum Gasteiger partial charge on any atom is -0.486 e. The molecular weight excluding hydrogens is 350 g/mol. The highest BCUT2D eigenvalue weighted by atomic mass is 16.6. The molecule has 0 bridgehead atoms. The third kappa shape index (κ3) is 3.81. The Morgan fingerprint density at radius 2 is 2.04 bits per heavy atom. The summed E-state index contributed by atoms with van der Waals surface area (Å²) >= 11 is 0. The van der Waals surface area contributed by atoms with Gasteiger partial charge in [0.25, 0.3) is 5.91 Å². The Bertz CT molecular complexity index is 972. The molecule has 2 aromatic carbocycles. The van der Waals surface area contributed by atoms with Crippen LogP contribution in [0.3, 0.4) is 0 Å². The first-order valence-corrected chi connectivity index (χ1v) is 8.34. The fraction of sp³-hybridized carbons (Fsp3) is 0.222. The molecule has 0 atom stereocenters. The van der Waals surface area contributed by atoms with Gasteiger partial charge in [0.15, 0.2) is 17.3 Å². The van der Waals surface area contributed by atoms with E-state index in [1.807, 2.05) is 0 Å². The molecule has 0 saturated carbocycles. The highest BCUT2D eigenvalue weighted by molar-refractivity contribution is 6.04. The minimum absolute atomic E-state index is 0.205. The summed E-state index contributed by atoms with van der Waals surface area (Å²) in [5.41, 5.74) is 1.10. The summed E-state index contributed by atoms with van der Waals surface area (Å²) in [6.45, 7) is 1.22. The molecule has 1 aliphatic rings. The van der Waals surface area contributed by atoms with Gasteiger partial charge in [-0.1, -0.05) is 6.07 Å². The van der Waals surface area contributed by atoms with Gasteiger partial charge in [0.1, 0.15) is 25.6 Å². The van der Waals surface area contributed by atoms with E-state index < -0.39 is 0 Å². The van der Waals surface area contributed by atoms with Crippen LogP contribution in [0.1, 0.15) is 16.2 Å². The highest BCUT2D eigenvalue weighted by Crippen LogP contribution is 2.32. The maximum atomic E-state index is 12.5. The second kappa shape index (κ2) is 7.32. The number of carbonyl (C=O) groups is 1. The number of ether oxygens (including phenoxy) is 3. The molecule has 1 N–H and O–H groups in total. The molecule has 0 saturated heterocycles. The molecule has 0 spiro atoms. The average molecular weight is 367 g/mol. The number of fused-ring (bicyclic) bond motifs is 1. The Hall–Kier alpha value is -3.62. The molecule has 1 aromatic heterocycles. The van der Waals surface area contributed by atoms with E-state index in [0.29, 0.717) is 47.5 Å². The van der Waals surface area contributed by atoms with Gasteiger partial charge in [-0.2, -0.15) is 0 Å². The van der Waals surface area contributed by atoms with E-state index in [1.54, 1.807) is 49.5 Å². The number of amides is 1. The van der Waals surface area contributed by atoms with Crippen molar-refractivity contribution >= 4 is 11.6 Å². The molecule has 0 aliphatic carbocycles. The van der Waals surface area contributed by atoms with Crippen molar-refractivity contribution in [2.45, 2.75) is 6.61 Å². The van der Waals surface area contributed by atoms with Crippen LogP contribution in [0.5, 0.6) is 17.2 Å². The quantitative estimate of drug-likeness (QED) is 0.734. The summed E-state index contributed by atoms with van der Waals surface area (Å²) in [7, 11) is 1.73. The molecule has 1 aliphatic heterocycles. The van der Waals surface area contributed by atoms with E-state index in [2.05, 4.69) is 20.8 Å². The van der Waals surface area contributed by atoms with Crippen molar-refractivity contribution in [1.29, 1.82) is 0 Å². The molecule has 2 heterocycles. The number of nitrogens with zero attached hydrogens (tertiary/aromatic N) is 4.